The molecule has 0 aromatic heterocycles. The van der Waals surface area contributed by atoms with Crippen LogP contribution in [0.25, 0.3) is 0 Å². The molecule has 2 unspecified atom stereocenters. The van der Waals surface area contributed by atoms with E-state index in [9.17, 15) is 9.90 Å². The third-order valence-electron chi connectivity index (χ3n) is 4.25. The van der Waals surface area contributed by atoms with Gasteiger partial charge in [0.1, 0.15) is 5.75 Å². The van der Waals surface area contributed by atoms with Gasteiger partial charge in [-0.25, -0.2) is 0 Å². The van der Waals surface area contributed by atoms with Crippen LogP contribution < -0.4 is 4.74 Å². The van der Waals surface area contributed by atoms with Gasteiger partial charge in [0.05, 0.1) is 12.5 Å². The second-order valence-corrected chi connectivity index (χ2v) is 6.74. The molecule has 1 aliphatic heterocycles. The lowest BCUT2D eigenvalue weighted by atomic mass is 9.93. The molecule has 2 rings (SSSR count). The molecule has 4 nitrogen and oxygen atoms in total. The van der Waals surface area contributed by atoms with Crippen LogP contribution in [0.5, 0.6) is 5.75 Å². The third-order valence-corrected chi connectivity index (χ3v) is 4.25. The van der Waals surface area contributed by atoms with E-state index >= 15 is 0 Å². The first-order valence-electron chi connectivity index (χ1n) is 8.14. The van der Waals surface area contributed by atoms with Gasteiger partial charge in [-0.05, 0) is 43.4 Å². The number of ether oxygens (including phenoxy) is 1. The van der Waals surface area contributed by atoms with Crippen molar-refractivity contribution in [2.24, 2.45) is 11.8 Å². The summed E-state index contributed by atoms with van der Waals surface area (Å²) in [5.41, 5.74) is 1.20. The van der Waals surface area contributed by atoms with E-state index in [1.54, 1.807) is 0 Å². The van der Waals surface area contributed by atoms with Crippen molar-refractivity contribution in [2.45, 2.75) is 46.2 Å². The average molecular weight is 305 g/mol. The van der Waals surface area contributed by atoms with Crippen molar-refractivity contribution in [3.63, 3.8) is 0 Å². The summed E-state index contributed by atoms with van der Waals surface area (Å²) < 4.78 is 5.69. The van der Waals surface area contributed by atoms with Gasteiger partial charge in [0.25, 0.3) is 0 Å². The summed E-state index contributed by atoms with van der Waals surface area (Å²) >= 11 is 0. The second-order valence-electron chi connectivity index (χ2n) is 6.74. The van der Waals surface area contributed by atoms with Crippen LogP contribution in [0.3, 0.4) is 0 Å². The van der Waals surface area contributed by atoms with Crippen LogP contribution in [-0.4, -0.2) is 35.2 Å². The van der Waals surface area contributed by atoms with E-state index in [1.807, 2.05) is 12.1 Å². The van der Waals surface area contributed by atoms with E-state index in [-0.39, 0.29) is 5.92 Å². The summed E-state index contributed by atoms with van der Waals surface area (Å²) in [6.45, 7) is 8.61. The molecular weight excluding hydrogens is 278 g/mol. The van der Waals surface area contributed by atoms with Gasteiger partial charge < -0.3 is 9.84 Å². The lowest BCUT2D eigenvalue weighted by Crippen LogP contribution is -2.43. The van der Waals surface area contributed by atoms with Crippen LogP contribution >= 0.6 is 0 Å². The highest BCUT2D eigenvalue weighted by Gasteiger charge is 2.29. The predicted molar refractivity (Wildman–Crippen MR) is 87.0 cm³/mol. The number of benzene rings is 1. The minimum Gasteiger partial charge on any atom is -0.493 e. The smallest absolute Gasteiger partial charge is 0.307 e. The molecule has 2 atom stereocenters. The molecule has 1 heterocycles. The summed E-state index contributed by atoms with van der Waals surface area (Å²) in [5, 5.41) is 9.21. The van der Waals surface area contributed by atoms with Gasteiger partial charge in [-0.2, -0.15) is 0 Å². The topological polar surface area (TPSA) is 49.8 Å². The fourth-order valence-corrected chi connectivity index (χ4v) is 2.79. The van der Waals surface area contributed by atoms with Gasteiger partial charge >= 0.3 is 5.97 Å². The summed E-state index contributed by atoms with van der Waals surface area (Å²) in [5.74, 6) is 0.508. The Bertz CT molecular complexity index is 484. The number of carboxylic acid groups (broad SMARTS) is 1. The summed E-state index contributed by atoms with van der Waals surface area (Å²) in [4.78, 5) is 13.5. The van der Waals surface area contributed by atoms with Gasteiger partial charge in [-0.3, -0.25) is 9.69 Å². The summed E-state index contributed by atoms with van der Waals surface area (Å²) in [6, 6.07) is 8.59. The first-order valence-corrected chi connectivity index (χ1v) is 8.14. The number of nitrogens with zero attached hydrogens (tertiary/aromatic N) is 1. The molecule has 1 saturated heterocycles. The fraction of sp³-hybridized carbons (Fsp3) is 0.611. The maximum absolute atomic E-state index is 11.2. The Labute approximate surface area is 133 Å². The van der Waals surface area contributed by atoms with Crippen LogP contribution in [0.4, 0.5) is 0 Å². The van der Waals surface area contributed by atoms with Crippen LogP contribution in [0.2, 0.25) is 0 Å². The minimum absolute atomic E-state index is 0.232. The van der Waals surface area contributed by atoms with E-state index in [0.717, 1.165) is 31.7 Å². The summed E-state index contributed by atoms with van der Waals surface area (Å²) in [6.07, 6.45) is 1.74. The van der Waals surface area contributed by atoms with Crippen molar-refractivity contribution < 1.29 is 14.6 Å². The Morgan fingerprint density at radius 1 is 1.32 bits per heavy atom. The Morgan fingerprint density at radius 2 is 2.00 bits per heavy atom. The lowest BCUT2D eigenvalue weighted by molar-refractivity contribution is -0.144. The number of carboxylic acids is 1. The maximum Gasteiger partial charge on any atom is 0.307 e. The van der Waals surface area contributed by atoms with Crippen molar-refractivity contribution in [2.75, 3.05) is 13.2 Å². The first-order chi connectivity index (χ1) is 10.5. The third kappa shape index (κ3) is 4.73. The summed E-state index contributed by atoms with van der Waals surface area (Å²) in [7, 11) is 0. The number of hydrogen-bond donors (Lipinski definition) is 1. The normalized spacial score (nSPS) is 22.7. The lowest BCUT2D eigenvalue weighted by Gasteiger charge is -2.36. The van der Waals surface area contributed by atoms with Crippen LogP contribution in [0, 0.1) is 11.8 Å². The van der Waals surface area contributed by atoms with E-state index in [1.165, 1.54) is 5.56 Å². The van der Waals surface area contributed by atoms with Crippen molar-refractivity contribution in [3.05, 3.63) is 29.8 Å². The molecule has 1 fully saturated rings. The van der Waals surface area contributed by atoms with Gasteiger partial charge in [0.2, 0.25) is 0 Å². The highest BCUT2D eigenvalue weighted by Crippen LogP contribution is 2.24. The number of likely N-dealkylation sites (tertiary alicyclic amines) is 1. The fourth-order valence-electron chi connectivity index (χ4n) is 2.79. The van der Waals surface area contributed by atoms with Gasteiger partial charge in [0.15, 0.2) is 0 Å². The highest BCUT2D eigenvalue weighted by molar-refractivity contribution is 5.70. The van der Waals surface area contributed by atoms with E-state index in [4.69, 9.17) is 4.74 Å². The number of carbonyl (C=O) groups is 1. The number of piperidine rings is 1. The first kappa shape index (κ1) is 16.8. The standard InChI is InChI=1S/C18H27NO3/c1-13(2)12-22-17-8-5-15(6-9-17)10-19-11-16(18(20)21)7-4-14(19)3/h5-6,8-9,13-14,16H,4,7,10-12H2,1-3H3,(H,20,21). The molecule has 122 valence electrons. The Hall–Kier alpha value is -1.55. The molecule has 0 radical (unpaired) electrons. The van der Waals surface area contributed by atoms with Gasteiger partial charge in [0, 0.05) is 19.1 Å². The van der Waals surface area contributed by atoms with E-state index < -0.39 is 5.97 Å². The monoisotopic (exact) mass is 305 g/mol. The average Bonchev–Trinajstić information content (AvgIpc) is 2.48. The maximum atomic E-state index is 11.2. The number of hydrogen-bond acceptors (Lipinski definition) is 3. The van der Waals surface area contributed by atoms with Gasteiger partial charge in [-0.1, -0.05) is 26.0 Å². The molecule has 0 amide bonds. The SMILES string of the molecule is CC(C)COc1ccc(CN2CC(C(=O)O)CCC2C)cc1. The van der Waals surface area contributed by atoms with Crippen molar-refractivity contribution >= 4 is 5.97 Å². The zero-order chi connectivity index (χ0) is 16.1. The quantitative estimate of drug-likeness (QED) is 0.875. The molecule has 0 bridgehead atoms. The molecule has 4 heteroatoms. The Balaban J connectivity index is 1.93. The Morgan fingerprint density at radius 3 is 2.59 bits per heavy atom. The molecule has 0 spiro atoms. The van der Waals surface area contributed by atoms with E-state index in [2.05, 4.69) is 37.8 Å². The van der Waals surface area contributed by atoms with Crippen LogP contribution in [0.15, 0.2) is 24.3 Å². The number of aliphatic carboxylic acids is 1. The largest absolute Gasteiger partial charge is 0.493 e. The predicted octanol–water partition coefficient (Wildman–Crippen LogP) is 3.41. The minimum atomic E-state index is -0.672. The van der Waals surface area contributed by atoms with Gasteiger partial charge in [-0.15, -0.1) is 0 Å². The second kappa shape index (κ2) is 7.63. The number of rotatable bonds is 6. The molecular formula is C18H27NO3. The zero-order valence-corrected chi connectivity index (χ0v) is 13.8. The highest BCUT2D eigenvalue weighted by atomic mass is 16.5. The van der Waals surface area contributed by atoms with Crippen LogP contribution in [-0.2, 0) is 11.3 Å². The molecule has 0 aliphatic carbocycles. The molecule has 0 saturated carbocycles. The van der Waals surface area contributed by atoms with E-state index in [0.29, 0.717) is 18.5 Å². The van der Waals surface area contributed by atoms with Crippen molar-refractivity contribution in [1.29, 1.82) is 0 Å². The van der Waals surface area contributed by atoms with Crippen molar-refractivity contribution in [3.8, 4) is 5.75 Å². The molecule has 22 heavy (non-hydrogen) atoms. The zero-order valence-electron chi connectivity index (χ0n) is 13.8. The van der Waals surface area contributed by atoms with Crippen LogP contribution in [0.1, 0.15) is 39.2 Å². The van der Waals surface area contributed by atoms with Crippen molar-refractivity contribution in [1.82, 2.24) is 4.90 Å². The molecule has 1 aromatic carbocycles. The Kier molecular flexibility index (Phi) is 5.83. The molecule has 1 aromatic rings. The molecule has 1 N–H and O–H groups in total. The molecule has 1 aliphatic rings.